The Hall–Kier alpha value is -4.91. The smallest absolute Gasteiger partial charge is 0.246 e. The van der Waals surface area contributed by atoms with Gasteiger partial charge in [-0.25, -0.2) is 9.37 Å². The molecular weight excluding hydrogens is 662 g/mol. The van der Waals surface area contributed by atoms with Crippen LogP contribution in [0.3, 0.4) is 0 Å². The van der Waals surface area contributed by atoms with Crippen molar-refractivity contribution in [2.75, 3.05) is 26.4 Å². The van der Waals surface area contributed by atoms with Gasteiger partial charge in [-0.15, -0.1) is 22.7 Å². The lowest BCUT2D eigenvalue weighted by Crippen LogP contribution is -2.34. The number of aliphatic hydroxyl groups is 1. The van der Waals surface area contributed by atoms with Gasteiger partial charge in [-0.1, -0.05) is 19.2 Å². The molecule has 250 valence electrons. The molecular formula is C37H34FN5O4S2. The Kier molecular flexibility index (Phi) is 9.26. The Balaban J connectivity index is 1.44. The molecule has 0 aliphatic carbocycles. The van der Waals surface area contributed by atoms with Gasteiger partial charge in [0.15, 0.2) is 0 Å². The van der Waals surface area contributed by atoms with E-state index in [-0.39, 0.29) is 25.0 Å². The van der Waals surface area contributed by atoms with Crippen LogP contribution in [0.1, 0.15) is 39.2 Å². The molecule has 0 saturated carbocycles. The highest BCUT2D eigenvalue weighted by Gasteiger charge is 2.31. The molecule has 1 unspecified atom stereocenters. The number of rotatable bonds is 9. The van der Waals surface area contributed by atoms with Gasteiger partial charge in [-0.05, 0) is 48.2 Å². The van der Waals surface area contributed by atoms with Crippen LogP contribution in [0.25, 0.3) is 38.3 Å². The van der Waals surface area contributed by atoms with E-state index in [0.29, 0.717) is 44.0 Å². The van der Waals surface area contributed by atoms with Crippen LogP contribution in [0, 0.1) is 0 Å². The summed E-state index contributed by atoms with van der Waals surface area (Å²) in [6.07, 6.45) is 12.2. The molecule has 1 N–H and O–H groups in total. The number of thiophene rings is 1. The summed E-state index contributed by atoms with van der Waals surface area (Å²) in [7, 11) is 1.89. The third-order valence-electron chi connectivity index (χ3n) is 8.68. The summed E-state index contributed by atoms with van der Waals surface area (Å²) in [6, 6.07) is 6.07. The van der Waals surface area contributed by atoms with E-state index in [4.69, 9.17) is 19.4 Å². The first kappa shape index (κ1) is 32.6. The highest BCUT2D eigenvalue weighted by molar-refractivity contribution is 7.17. The molecule has 0 bridgehead atoms. The quantitative estimate of drug-likeness (QED) is 0.0986. The molecule has 0 radical (unpaired) electrons. The van der Waals surface area contributed by atoms with Crippen LogP contribution in [0.4, 0.5) is 4.39 Å². The van der Waals surface area contributed by atoms with E-state index in [0.717, 1.165) is 65.2 Å². The first-order valence-electron chi connectivity index (χ1n) is 15.9. The zero-order chi connectivity index (χ0) is 34.1. The number of halogens is 1. The Bertz CT molecular complexity index is 2190. The minimum absolute atomic E-state index is 0.0752. The lowest BCUT2D eigenvalue weighted by molar-refractivity contribution is -0.126. The summed E-state index contributed by atoms with van der Waals surface area (Å²) in [5.41, 5.74) is 5.11. The monoisotopic (exact) mass is 695 g/mol. The number of thiazole rings is 1. The van der Waals surface area contributed by atoms with Crippen LogP contribution in [0.5, 0.6) is 5.75 Å². The van der Waals surface area contributed by atoms with Crippen molar-refractivity contribution < 1.29 is 23.8 Å². The number of amides is 1. The van der Waals surface area contributed by atoms with E-state index in [2.05, 4.69) is 24.3 Å². The van der Waals surface area contributed by atoms with Gasteiger partial charge in [0.1, 0.15) is 29.0 Å². The molecule has 0 spiro atoms. The summed E-state index contributed by atoms with van der Waals surface area (Å²) in [4.78, 5) is 25.9. The van der Waals surface area contributed by atoms with Crippen molar-refractivity contribution in [3.8, 4) is 17.0 Å². The summed E-state index contributed by atoms with van der Waals surface area (Å²) in [5, 5.41) is 18.5. The van der Waals surface area contributed by atoms with Crippen molar-refractivity contribution in [2.24, 2.45) is 7.05 Å². The molecule has 4 aromatic heterocycles. The second kappa shape index (κ2) is 13.9. The molecule has 1 amide bonds. The zero-order valence-electron chi connectivity index (χ0n) is 26.9. The molecule has 49 heavy (non-hydrogen) atoms. The third-order valence-corrected chi connectivity index (χ3v) is 10.8. The lowest BCUT2D eigenvalue weighted by atomic mass is 9.93. The van der Waals surface area contributed by atoms with Gasteiger partial charge in [-0.3, -0.25) is 14.5 Å². The number of benzene rings is 1. The van der Waals surface area contributed by atoms with Crippen molar-refractivity contribution in [1.29, 1.82) is 0 Å². The van der Waals surface area contributed by atoms with E-state index < -0.39 is 5.83 Å². The van der Waals surface area contributed by atoms with E-state index in [1.54, 1.807) is 44.4 Å². The SMILES string of the molecule is C=CC(=O)N1CCc2nc(C3CCOC(/C=C(/F)C=C)=C\c4c3nc(-c3cc5cnn(C)c5cc3OC/C=C/CO)c3ccsc43)sc2C1. The maximum Gasteiger partial charge on any atom is 0.246 e. The predicted octanol–water partition coefficient (Wildman–Crippen LogP) is 7.24. The van der Waals surface area contributed by atoms with Crippen LogP contribution in [-0.4, -0.2) is 62.0 Å². The van der Waals surface area contributed by atoms with Gasteiger partial charge >= 0.3 is 0 Å². The molecule has 1 atom stereocenters. The van der Waals surface area contributed by atoms with E-state index >= 15 is 0 Å². The lowest BCUT2D eigenvalue weighted by Gasteiger charge is -2.24. The number of aromatic nitrogens is 4. The van der Waals surface area contributed by atoms with Gasteiger partial charge < -0.3 is 19.5 Å². The summed E-state index contributed by atoms with van der Waals surface area (Å²) in [5.74, 6) is 0.196. The number of nitrogens with zero attached hydrogens (tertiary/aromatic N) is 5. The van der Waals surface area contributed by atoms with Crippen LogP contribution in [-0.2, 0) is 29.5 Å². The molecule has 0 saturated heterocycles. The molecule has 5 aromatic rings. The maximum absolute atomic E-state index is 14.5. The number of carbonyl (C=O) groups is 1. The predicted molar refractivity (Wildman–Crippen MR) is 192 cm³/mol. The zero-order valence-corrected chi connectivity index (χ0v) is 28.5. The van der Waals surface area contributed by atoms with Crippen molar-refractivity contribution >= 4 is 55.6 Å². The Morgan fingerprint density at radius 3 is 2.94 bits per heavy atom. The summed E-state index contributed by atoms with van der Waals surface area (Å²) in [6.45, 7) is 8.79. The highest BCUT2D eigenvalue weighted by atomic mass is 32.1. The fourth-order valence-electron chi connectivity index (χ4n) is 6.25. The van der Waals surface area contributed by atoms with Crippen LogP contribution in [0.2, 0.25) is 0 Å². The van der Waals surface area contributed by atoms with E-state index in [1.807, 2.05) is 36.8 Å². The number of hydrogen-bond donors (Lipinski definition) is 1. The number of carbonyl (C=O) groups excluding carboxylic acids is 1. The van der Waals surface area contributed by atoms with Gasteiger partial charge in [0, 0.05) is 63.6 Å². The first-order valence-corrected chi connectivity index (χ1v) is 17.6. The number of aryl methyl sites for hydroxylation is 1. The van der Waals surface area contributed by atoms with Crippen LogP contribution >= 0.6 is 22.7 Å². The topological polar surface area (TPSA) is 103 Å². The second-order valence-electron chi connectivity index (χ2n) is 11.7. The van der Waals surface area contributed by atoms with Gasteiger partial charge in [0.2, 0.25) is 5.91 Å². The number of pyridine rings is 1. The summed E-state index contributed by atoms with van der Waals surface area (Å²) >= 11 is 3.18. The number of aliphatic hydroxyl groups excluding tert-OH is 1. The summed E-state index contributed by atoms with van der Waals surface area (Å²) < 4.78 is 29.7. The highest BCUT2D eigenvalue weighted by Crippen LogP contribution is 2.45. The number of hydrogen-bond acceptors (Lipinski definition) is 9. The molecule has 2 aliphatic rings. The normalized spacial score (nSPS) is 17.6. The van der Waals surface area contributed by atoms with Crippen molar-refractivity contribution in [3.05, 3.63) is 112 Å². The Morgan fingerprint density at radius 2 is 2.12 bits per heavy atom. The standard InChI is InChI=1S/C37H34FN5O4S2/c1-4-23(38)17-24-18-28-35(26(9-14-46-24)37-40-29-8-11-43(33(45)5-2)21-32(29)49-37)41-34(25-10-15-48-36(25)28)27-16-22-20-39-42(3)30(22)19-31(27)47-13-7-6-12-44/h4-7,10,15-20,26,44H,1-2,8-9,11-14,21H2,3H3/b7-6+,23-17+,24-18-. The van der Waals surface area contributed by atoms with Gasteiger partial charge in [0.05, 0.1) is 54.5 Å². The fraction of sp³-hybridized carbons (Fsp3) is 0.243. The second-order valence-corrected chi connectivity index (χ2v) is 13.7. The number of ether oxygens (including phenoxy) is 2. The van der Waals surface area contributed by atoms with E-state index in [9.17, 15) is 14.3 Å². The molecule has 7 rings (SSSR count). The third kappa shape index (κ3) is 6.34. The molecule has 9 nitrogen and oxygen atoms in total. The molecule has 1 aromatic carbocycles. The molecule has 12 heteroatoms. The first-order chi connectivity index (χ1) is 23.9. The largest absolute Gasteiger partial charge is 0.493 e. The number of allylic oxidation sites excluding steroid dienone is 3. The molecule has 2 aliphatic heterocycles. The average Bonchev–Trinajstić information content (AvgIpc) is 3.85. The van der Waals surface area contributed by atoms with Crippen LogP contribution in [0.15, 0.2) is 84.9 Å². The van der Waals surface area contributed by atoms with Gasteiger partial charge in [-0.2, -0.15) is 5.10 Å². The van der Waals surface area contributed by atoms with E-state index in [1.165, 1.54) is 12.2 Å². The average molecular weight is 696 g/mol. The molecule has 0 fully saturated rings. The van der Waals surface area contributed by atoms with Crippen molar-refractivity contribution in [3.63, 3.8) is 0 Å². The number of fused-ring (bicyclic) bond motifs is 5. The van der Waals surface area contributed by atoms with Crippen LogP contribution < -0.4 is 4.74 Å². The minimum Gasteiger partial charge on any atom is -0.493 e. The van der Waals surface area contributed by atoms with Gasteiger partial charge in [0.25, 0.3) is 0 Å². The van der Waals surface area contributed by atoms with Crippen molar-refractivity contribution in [1.82, 2.24) is 24.6 Å². The Morgan fingerprint density at radius 1 is 1.24 bits per heavy atom. The fourth-order valence-corrected chi connectivity index (χ4v) is 8.44. The maximum atomic E-state index is 14.5. The Labute approximate surface area is 290 Å². The minimum atomic E-state index is -0.495. The van der Waals surface area contributed by atoms with Crippen molar-refractivity contribution in [2.45, 2.75) is 25.3 Å². The molecule has 6 heterocycles.